The summed E-state index contributed by atoms with van der Waals surface area (Å²) in [7, 11) is 1.59. The average molecular weight is 245 g/mol. The summed E-state index contributed by atoms with van der Waals surface area (Å²) in [4.78, 5) is 0. The molecule has 2 N–H and O–H groups in total. The molecule has 0 aromatic heterocycles. The first-order valence-electron chi connectivity index (χ1n) is 5.39. The molecule has 0 aliphatic carbocycles. The molecule has 0 radical (unpaired) electrons. The minimum atomic E-state index is -0.852. The third-order valence-electron chi connectivity index (χ3n) is 2.25. The molecule has 0 heterocycles. The van der Waals surface area contributed by atoms with E-state index in [-0.39, 0.29) is 6.04 Å². The van der Waals surface area contributed by atoms with Crippen molar-refractivity contribution in [2.75, 3.05) is 26.9 Å². The van der Waals surface area contributed by atoms with Crippen molar-refractivity contribution < 1.29 is 18.3 Å². The van der Waals surface area contributed by atoms with Crippen LogP contribution in [-0.4, -0.2) is 33.0 Å². The lowest BCUT2D eigenvalue weighted by Crippen LogP contribution is -2.29. The van der Waals surface area contributed by atoms with Gasteiger partial charge in [0.25, 0.3) is 0 Å². The lowest BCUT2D eigenvalue weighted by Gasteiger charge is -2.12. The van der Waals surface area contributed by atoms with Crippen LogP contribution in [0.2, 0.25) is 0 Å². The van der Waals surface area contributed by atoms with Crippen molar-refractivity contribution in [1.82, 2.24) is 0 Å². The molecule has 1 unspecified atom stereocenters. The molecule has 0 bridgehead atoms. The molecule has 0 aliphatic heterocycles. The number of methoxy groups -OCH3 is 1. The van der Waals surface area contributed by atoms with E-state index in [4.69, 9.17) is 15.2 Å². The van der Waals surface area contributed by atoms with Crippen LogP contribution in [0.1, 0.15) is 5.56 Å². The highest BCUT2D eigenvalue weighted by Crippen LogP contribution is 2.10. The summed E-state index contributed by atoms with van der Waals surface area (Å²) in [6.07, 6.45) is 0.449. The Morgan fingerprint density at radius 2 is 2.00 bits per heavy atom. The Bertz CT molecular complexity index is 347. The van der Waals surface area contributed by atoms with E-state index in [0.717, 1.165) is 12.1 Å². The van der Waals surface area contributed by atoms with E-state index >= 15 is 0 Å². The number of hydrogen-bond acceptors (Lipinski definition) is 3. The summed E-state index contributed by atoms with van der Waals surface area (Å²) in [5, 5.41) is 0. The van der Waals surface area contributed by atoms with Gasteiger partial charge in [-0.15, -0.1) is 0 Å². The minimum Gasteiger partial charge on any atom is -0.382 e. The lowest BCUT2D eigenvalue weighted by atomic mass is 10.1. The Morgan fingerprint density at radius 3 is 2.65 bits per heavy atom. The maximum Gasteiger partial charge on any atom is 0.159 e. The van der Waals surface area contributed by atoms with Crippen LogP contribution in [0.3, 0.4) is 0 Å². The maximum atomic E-state index is 12.9. The third-order valence-corrected chi connectivity index (χ3v) is 2.25. The van der Waals surface area contributed by atoms with Gasteiger partial charge in [0.05, 0.1) is 19.8 Å². The van der Waals surface area contributed by atoms with E-state index < -0.39 is 11.6 Å². The number of rotatable bonds is 7. The molecule has 1 aromatic rings. The molecule has 0 fully saturated rings. The molecule has 0 saturated carbocycles. The van der Waals surface area contributed by atoms with Gasteiger partial charge in [-0.05, 0) is 24.1 Å². The van der Waals surface area contributed by atoms with E-state index in [2.05, 4.69) is 0 Å². The summed E-state index contributed by atoms with van der Waals surface area (Å²) in [5.74, 6) is -1.70. The van der Waals surface area contributed by atoms with Gasteiger partial charge in [0.2, 0.25) is 0 Å². The van der Waals surface area contributed by atoms with Crippen molar-refractivity contribution >= 4 is 0 Å². The van der Waals surface area contributed by atoms with Crippen molar-refractivity contribution in [2.24, 2.45) is 5.73 Å². The maximum absolute atomic E-state index is 12.9. The standard InChI is InChI=1S/C12H17F2NO2/c1-16-4-5-17-8-10(15)6-9-2-3-11(13)12(14)7-9/h2-3,7,10H,4-6,8,15H2,1H3. The Hall–Kier alpha value is -1.04. The highest BCUT2D eigenvalue weighted by molar-refractivity contribution is 5.18. The minimum absolute atomic E-state index is 0.239. The molecule has 0 amide bonds. The molecular weight excluding hydrogens is 228 g/mol. The molecule has 17 heavy (non-hydrogen) atoms. The van der Waals surface area contributed by atoms with Gasteiger partial charge in [0.15, 0.2) is 11.6 Å². The van der Waals surface area contributed by atoms with Crippen LogP contribution in [-0.2, 0) is 15.9 Å². The highest BCUT2D eigenvalue weighted by Gasteiger charge is 2.07. The number of nitrogens with two attached hydrogens (primary N) is 1. The topological polar surface area (TPSA) is 44.5 Å². The predicted molar refractivity (Wildman–Crippen MR) is 60.7 cm³/mol. The summed E-state index contributed by atoms with van der Waals surface area (Å²) in [6.45, 7) is 1.35. The van der Waals surface area contributed by atoms with E-state index in [1.807, 2.05) is 0 Å². The van der Waals surface area contributed by atoms with Crippen LogP contribution >= 0.6 is 0 Å². The fourth-order valence-corrected chi connectivity index (χ4v) is 1.41. The fraction of sp³-hybridized carbons (Fsp3) is 0.500. The SMILES string of the molecule is COCCOCC(N)Cc1ccc(F)c(F)c1. The van der Waals surface area contributed by atoms with Crippen LogP contribution in [0.25, 0.3) is 0 Å². The number of hydrogen-bond donors (Lipinski definition) is 1. The van der Waals surface area contributed by atoms with E-state index in [1.54, 1.807) is 7.11 Å². The lowest BCUT2D eigenvalue weighted by molar-refractivity contribution is 0.0637. The molecule has 0 spiro atoms. The van der Waals surface area contributed by atoms with Gasteiger partial charge in [0, 0.05) is 13.2 Å². The number of ether oxygens (including phenoxy) is 2. The van der Waals surface area contributed by atoms with Crippen molar-refractivity contribution in [2.45, 2.75) is 12.5 Å². The van der Waals surface area contributed by atoms with Crippen molar-refractivity contribution in [3.8, 4) is 0 Å². The zero-order chi connectivity index (χ0) is 12.7. The molecular formula is C12H17F2NO2. The van der Waals surface area contributed by atoms with Crippen molar-refractivity contribution in [1.29, 1.82) is 0 Å². The molecule has 0 aliphatic rings. The van der Waals surface area contributed by atoms with Crippen LogP contribution in [0.15, 0.2) is 18.2 Å². The summed E-state index contributed by atoms with van der Waals surface area (Å²) >= 11 is 0. The smallest absolute Gasteiger partial charge is 0.159 e. The van der Waals surface area contributed by atoms with Crippen LogP contribution in [0.4, 0.5) is 8.78 Å². The van der Waals surface area contributed by atoms with Gasteiger partial charge in [0.1, 0.15) is 0 Å². The van der Waals surface area contributed by atoms with E-state index in [9.17, 15) is 8.78 Å². The van der Waals surface area contributed by atoms with Gasteiger partial charge in [-0.2, -0.15) is 0 Å². The van der Waals surface area contributed by atoms with Crippen molar-refractivity contribution in [3.05, 3.63) is 35.4 Å². The Morgan fingerprint density at radius 1 is 1.24 bits per heavy atom. The van der Waals surface area contributed by atoms with Crippen LogP contribution < -0.4 is 5.73 Å². The first-order valence-corrected chi connectivity index (χ1v) is 5.39. The van der Waals surface area contributed by atoms with Gasteiger partial charge >= 0.3 is 0 Å². The molecule has 1 atom stereocenters. The monoisotopic (exact) mass is 245 g/mol. The zero-order valence-electron chi connectivity index (χ0n) is 9.79. The Balaban J connectivity index is 2.34. The van der Waals surface area contributed by atoms with Crippen LogP contribution in [0, 0.1) is 11.6 Å². The largest absolute Gasteiger partial charge is 0.382 e. The van der Waals surface area contributed by atoms with Gasteiger partial charge < -0.3 is 15.2 Å². The van der Waals surface area contributed by atoms with Crippen LogP contribution in [0.5, 0.6) is 0 Å². The Labute approximate surface area is 99.5 Å². The number of benzene rings is 1. The highest BCUT2D eigenvalue weighted by atomic mass is 19.2. The predicted octanol–water partition coefficient (Wildman–Crippen LogP) is 1.50. The van der Waals surface area contributed by atoms with Gasteiger partial charge in [-0.1, -0.05) is 6.07 Å². The third kappa shape index (κ3) is 5.21. The fourth-order valence-electron chi connectivity index (χ4n) is 1.41. The summed E-state index contributed by atoms with van der Waals surface area (Å²) in [6, 6.07) is 3.54. The Kier molecular flexibility index (Phi) is 6.04. The molecule has 3 nitrogen and oxygen atoms in total. The second-order valence-corrected chi connectivity index (χ2v) is 3.78. The second-order valence-electron chi connectivity index (χ2n) is 3.78. The molecule has 1 rings (SSSR count). The second kappa shape index (κ2) is 7.32. The summed E-state index contributed by atoms with van der Waals surface area (Å²) < 4.78 is 35.7. The molecule has 96 valence electrons. The quantitative estimate of drug-likeness (QED) is 0.740. The normalized spacial score (nSPS) is 12.7. The first-order chi connectivity index (χ1) is 8.13. The molecule has 5 heteroatoms. The average Bonchev–Trinajstić information content (AvgIpc) is 2.30. The van der Waals surface area contributed by atoms with E-state index in [1.165, 1.54) is 6.07 Å². The summed E-state index contributed by atoms with van der Waals surface area (Å²) in [5.41, 5.74) is 6.45. The number of halogens is 2. The first kappa shape index (κ1) is 14.0. The molecule has 0 saturated heterocycles. The van der Waals surface area contributed by atoms with Crippen molar-refractivity contribution in [3.63, 3.8) is 0 Å². The van der Waals surface area contributed by atoms with E-state index in [0.29, 0.717) is 31.8 Å². The molecule has 1 aromatic carbocycles. The van der Waals surface area contributed by atoms with Gasteiger partial charge in [-0.25, -0.2) is 8.78 Å². The van der Waals surface area contributed by atoms with Gasteiger partial charge in [-0.3, -0.25) is 0 Å². The zero-order valence-corrected chi connectivity index (χ0v) is 9.79.